The molecular weight excluding hydrogens is 319 g/mol. The molecule has 1 aromatic carbocycles. The van der Waals surface area contributed by atoms with Gasteiger partial charge < -0.3 is 4.90 Å². The molecule has 0 spiro atoms. The molecule has 1 aliphatic heterocycles. The molecule has 1 heterocycles. The van der Waals surface area contributed by atoms with Crippen LogP contribution in [-0.2, 0) is 20.6 Å². The van der Waals surface area contributed by atoms with Gasteiger partial charge in [-0.15, -0.1) is 0 Å². The van der Waals surface area contributed by atoms with Gasteiger partial charge in [0.25, 0.3) is 0 Å². The smallest absolute Gasteiger partial charge is 0.225 e. The van der Waals surface area contributed by atoms with Crippen LogP contribution in [0.2, 0.25) is 0 Å². The highest BCUT2D eigenvalue weighted by atomic mass is 32.2. The molecule has 0 aromatic heterocycles. The molecule has 126 valence electrons. The number of amides is 1. The van der Waals surface area contributed by atoms with Crippen molar-refractivity contribution in [1.29, 1.82) is 0 Å². The van der Waals surface area contributed by atoms with Crippen LogP contribution in [-0.4, -0.2) is 49.7 Å². The van der Waals surface area contributed by atoms with E-state index in [1.54, 1.807) is 4.90 Å². The van der Waals surface area contributed by atoms with Crippen molar-refractivity contribution in [3.8, 4) is 0 Å². The fraction of sp³-hybridized carbons (Fsp3) is 0.562. The second-order valence-corrected chi connectivity index (χ2v) is 8.20. The Bertz CT molecular complexity index is 663. The van der Waals surface area contributed by atoms with Crippen LogP contribution in [0.5, 0.6) is 0 Å². The topological polar surface area (TPSA) is 57.7 Å². The SMILES string of the molecule is O=C(C1CCC1)N1CCN(S(=O)(=O)Cc2ccc(F)cc2)CC1. The zero-order valence-corrected chi connectivity index (χ0v) is 13.8. The highest BCUT2D eigenvalue weighted by Crippen LogP contribution is 2.28. The van der Waals surface area contributed by atoms with Gasteiger partial charge in [-0.2, -0.15) is 4.31 Å². The number of halogens is 1. The number of carbonyl (C=O) groups is 1. The fourth-order valence-electron chi connectivity index (χ4n) is 2.98. The summed E-state index contributed by atoms with van der Waals surface area (Å²) < 4.78 is 39.2. The molecule has 1 saturated carbocycles. The molecule has 5 nitrogen and oxygen atoms in total. The van der Waals surface area contributed by atoms with Crippen LogP contribution in [0.1, 0.15) is 24.8 Å². The van der Waals surface area contributed by atoms with Gasteiger partial charge in [0.1, 0.15) is 5.82 Å². The summed E-state index contributed by atoms with van der Waals surface area (Å²) >= 11 is 0. The molecule has 2 fully saturated rings. The molecule has 7 heteroatoms. The minimum Gasteiger partial charge on any atom is -0.340 e. The molecule has 0 radical (unpaired) electrons. The average Bonchev–Trinajstić information content (AvgIpc) is 2.48. The van der Waals surface area contributed by atoms with Crippen LogP contribution in [0.25, 0.3) is 0 Å². The van der Waals surface area contributed by atoms with Crippen LogP contribution in [0, 0.1) is 11.7 Å². The van der Waals surface area contributed by atoms with Crippen LogP contribution in [0.15, 0.2) is 24.3 Å². The standard InChI is InChI=1S/C16H21FN2O3S/c17-15-6-4-13(5-7-15)12-23(21,22)19-10-8-18(9-11-19)16(20)14-2-1-3-14/h4-7,14H,1-3,8-12H2. The summed E-state index contributed by atoms with van der Waals surface area (Å²) in [5.41, 5.74) is 0.569. The van der Waals surface area contributed by atoms with Crippen molar-refractivity contribution >= 4 is 15.9 Å². The van der Waals surface area contributed by atoms with E-state index in [1.165, 1.54) is 28.6 Å². The zero-order chi connectivity index (χ0) is 16.4. The summed E-state index contributed by atoms with van der Waals surface area (Å²) in [6, 6.07) is 5.51. The van der Waals surface area contributed by atoms with Crippen molar-refractivity contribution in [2.45, 2.75) is 25.0 Å². The largest absolute Gasteiger partial charge is 0.340 e. The number of carbonyl (C=O) groups excluding carboxylic acids is 1. The summed E-state index contributed by atoms with van der Waals surface area (Å²) in [7, 11) is -3.44. The molecule has 2 aliphatic rings. The van der Waals surface area contributed by atoms with Crippen molar-refractivity contribution in [2.24, 2.45) is 5.92 Å². The summed E-state index contributed by atoms with van der Waals surface area (Å²) in [6.45, 7) is 1.58. The lowest BCUT2D eigenvalue weighted by molar-refractivity contribution is -0.139. The first-order chi connectivity index (χ1) is 11.0. The van der Waals surface area contributed by atoms with E-state index in [2.05, 4.69) is 0 Å². The van der Waals surface area contributed by atoms with E-state index in [0.29, 0.717) is 31.7 Å². The monoisotopic (exact) mass is 340 g/mol. The van der Waals surface area contributed by atoms with Gasteiger partial charge >= 0.3 is 0 Å². The number of rotatable bonds is 4. The van der Waals surface area contributed by atoms with Gasteiger partial charge in [0.05, 0.1) is 5.75 Å². The highest BCUT2D eigenvalue weighted by Gasteiger charge is 2.33. The van der Waals surface area contributed by atoms with Crippen molar-refractivity contribution < 1.29 is 17.6 Å². The van der Waals surface area contributed by atoms with Crippen molar-refractivity contribution in [3.63, 3.8) is 0 Å². The van der Waals surface area contributed by atoms with Gasteiger partial charge in [-0.3, -0.25) is 4.79 Å². The number of benzene rings is 1. The number of nitrogens with zero attached hydrogens (tertiary/aromatic N) is 2. The van der Waals surface area contributed by atoms with Gasteiger partial charge in [0.2, 0.25) is 15.9 Å². The Kier molecular flexibility index (Phi) is 4.68. The van der Waals surface area contributed by atoms with Crippen molar-refractivity contribution in [2.75, 3.05) is 26.2 Å². The Morgan fingerprint density at radius 3 is 2.22 bits per heavy atom. The molecule has 3 rings (SSSR count). The van der Waals surface area contributed by atoms with Crippen LogP contribution >= 0.6 is 0 Å². The third kappa shape index (κ3) is 3.72. The fourth-order valence-corrected chi connectivity index (χ4v) is 4.50. The normalized spacial score (nSPS) is 20.3. The Labute approximate surface area is 136 Å². The zero-order valence-electron chi connectivity index (χ0n) is 12.9. The molecule has 0 atom stereocenters. The summed E-state index contributed by atoms with van der Waals surface area (Å²) in [4.78, 5) is 14.0. The number of hydrogen-bond acceptors (Lipinski definition) is 3. The third-order valence-corrected chi connectivity index (χ3v) is 6.51. The van der Waals surface area contributed by atoms with E-state index in [1.807, 2.05) is 0 Å². The predicted octanol–water partition coefficient (Wildman–Crippen LogP) is 1.60. The lowest BCUT2D eigenvalue weighted by Gasteiger charge is -2.37. The Morgan fingerprint density at radius 1 is 1.09 bits per heavy atom. The van der Waals surface area contributed by atoms with Crippen molar-refractivity contribution in [1.82, 2.24) is 9.21 Å². The lowest BCUT2D eigenvalue weighted by Crippen LogP contribution is -2.52. The quantitative estimate of drug-likeness (QED) is 0.836. The van der Waals surface area contributed by atoms with Gasteiger partial charge in [-0.1, -0.05) is 18.6 Å². The van der Waals surface area contributed by atoms with E-state index >= 15 is 0 Å². The van der Waals surface area contributed by atoms with E-state index < -0.39 is 10.0 Å². The molecule has 1 saturated heterocycles. The maximum atomic E-state index is 12.9. The molecule has 0 unspecified atom stereocenters. The number of hydrogen-bond donors (Lipinski definition) is 0. The van der Waals surface area contributed by atoms with Gasteiger partial charge in [0.15, 0.2) is 0 Å². The third-order valence-electron chi connectivity index (χ3n) is 4.66. The maximum Gasteiger partial charge on any atom is 0.225 e. The van der Waals surface area contributed by atoms with E-state index in [4.69, 9.17) is 0 Å². The van der Waals surface area contributed by atoms with Gasteiger partial charge in [0, 0.05) is 32.1 Å². The maximum absolute atomic E-state index is 12.9. The first-order valence-corrected chi connectivity index (χ1v) is 9.58. The van der Waals surface area contributed by atoms with Gasteiger partial charge in [-0.05, 0) is 30.5 Å². The van der Waals surface area contributed by atoms with E-state index in [9.17, 15) is 17.6 Å². The molecule has 23 heavy (non-hydrogen) atoms. The Hall–Kier alpha value is -1.47. The van der Waals surface area contributed by atoms with E-state index in [-0.39, 0.29) is 23.4 Å². The molecular formula is C16H21FN2O3S. The first-order valence-electron chi connectivity index (χ1n) is 7.97. The molecule has 1 amide bonds. The lowest BCUT2D eigenvalue weighted by atomic mass is 9.84. The highest BCUT2D eigenvalue weighted by molar-refractivity contribution is 7.88. The second-order valence-electron chi connectivity index (χ2n) is 6.23. The first kappa shape index (κ1) is 16.4. The summed E-state index contributed by atoms with van der Waals surface area (Å²) in [6.07, 6.45) is 3.03. The average molecular weight is 340 g/mol. The van der Waals surface area contributed by atoms with Crippen LogP contribution in [0.3, 0.4) is 0 Å². The van der Waals surface area contributed by atoms with Crippen LogP contribution in [0.4, 0.5) is 4.39 Å². The van der Waals surface area contributed by atoms with Crippen LogP contribution < -0.4 is 0 Å². The molecule has 1 aliphatic carbocycles. The molecule has 0 N–H and O–H groups in total. The number of piperazine rings is 1. The second kappa shape index (κ2) is 6.57. The minimum absolute atomic E-state index is 0.135. The molecule has 0 bridgehead atoms. The number of sulfonamides is 1. The Morgan fingerprint density at radius 2 is 1.70 bits per heavy atom. The molecule has 1 aromatic rings. The predicted molar refractivity (Wildman–Crippen MR) is 84.5 cm³/mol. The Balaban J connectivity index is 1.57. The van der Waals surface area contributed by atoms with E-state index in [0.717, 1.165) is 19.3 Å². The van der Waals surface area contributed by atoms with Crippen molar-refractivity contribution in [3.05, 3.63) is 35.6 Å². The summed E-state index contributed by atoms with van der Waals surface area (Å²) in [5.74, 6) is -0.192. The minimum atomic E-state index is -3.44. The summed E-state index contributed by atoms with van der Waals surface area (Å²) in [5, 5.41) is 0. The van der Waals surface area contributed by atoms with Gasteiger partial charge in [-0.25, -0.2) is 12.8 Å².